The van der Waals surface area contributed by atoms with Crippen LogP contribution in [0.2, 0.25) is 0 Å². The van der Waals surface area contributed by atoms with Crippen LogP contribution in [0.15, 0.2) is 30.3 Å². The lowest BCUT2D eigenvalue weighted by Gasteiger charge is -2.18. The lowest BCUT2D eigenvalue weighted by Crippen LogP contribution is -2.23. The first-order chi connectivity index (χ1) is 11.6. The molecule has 0 saturated heterocycles. The summed E-state index contributed by atoms with van der Waals surface area (Å²) >= 11 is 0. The summed E-state index contributed by atoms with van der Waals surface area (Å²) in [5.41, 5.74) is 3.75. The largest absolute Gasteiger partial charge is 0.497 e. The van der Waals surface area contributed by atoms with Crippen LogP contribution in [0.25, 0.3) is 0 Å². The number of nitrogens with zero attached hydrogens (tertiary/aromatic N) is 1. The number of ether oxygens (including phenoxy) is 3. The SMILES string of the molecule is COc1ccc(CN2Cc3c(ccc(OC)c3C)C2=O)c(OC)c1. The minimum atomic E-state index is 0.0358. The van der Waals surface area contributed by atoms with Gasteiger partial charge in [0.15, 0.2) is 0 Å². The van der Waals surface area contributed by atoms with Crippen molar-refractivity contribution in [2.24, 2.45) is 0 Å². The van der Waals surface area contributed by atoms with Crippen molar-refractivity contribution >= 4 is 5.91 Å². The molecule has 0 radical (unpaired) electrons. The van der Waals surface area contributed by atoms with Gasteiger partial charge < -0.3 is 19.1 Å². The maximum absolute atomic E-state index is 12.7. The van der Waals surface area contributed by atoms with Gasteiger partial charge in [-0.3, -0.25) is 4.79 Å². The predicted molar refractivity (Wildman–Crippen MR) is 90.9 cm³/mol. The summed E-state index contributed by atoms with van der Waals surface area (Å²) in [7, 11) is 4.88. The summed E-state index contributed by atoms with van der Waals surface area (Å²) in [5, 5.41) is 0. The zero-order valence-corrected chi connectivity index (χ0v) is 14.4. The van der Waals surface area contributed by atoms with E-state index < -0.39 is 0 Å². The molecule has 5 nitrogen and oxygen atoms in total. The van der Waals surface area contributed by atoms with E-state index in [0.717, 1.165) is 33.8 Å². The van der Waals surface area contributed by atoms with Gasteiger partial charge in [-0.1, -0.05) is 0 Å². The summed E-state index contributed by atoms with van der Waals surface area (Å²) in [6.45, 7) is 3.05. The summed E-state index contributed by atoms with van der Waals surface area (Å²) in [6, 6.07) is 9.33. The normalized spacial score (nSPS) is 13.0. The zero-order valence-electron chi connectivity index (χ0n) is 14.4. The van der Waals surface area contributed by atoms with Crippen LogP contribution >= 0.6 is 0 Å². The van der Waals surface area contributed by atoms with Gasteiger partial charge in [0.05, 0.1) is 21.3 Å². The van der Waals surface area contributed by atoms with Crippen molar-refractivity contribution in [3.63, 3.8) is 0 Å². The van der Waals surface area contributed by atoms with E-state index in [1.165, 1.54) is 0 Å². The third kappa shape index (κ3) is 2.66. The summed E-state index contributed by atoms with van der Waals surface area (Å²) < 4.78 is 16.0. The third-order valence-corrected chi connectivity index (χ3v) is 4.49. The highest BCUT2D eigenvalue weighted by atomic mass is 16.5. The van der Waals surface area contributed by atoms with E-state index in [9.17, 15) is 4.79 Å². The summed E-state index contributed by atoms with van der Waals surface area (Å²) in [4.78, 5) is 14.5. The second-order valence-electron chi connectivity index (χ2n) is 5.76. The molecule has 3 rings (SSSR count). The Morgan fingerprint density at radius 3 is 2.42 bits per heavy atom. The summed E-state index contributed by atoms with van der Waals surface area (Å²) in [6.07, 6.45) is 0. The van der Waals surface area contributed by atoms with Crippen molar-refractivity contribution in [2.45, 2.75) is 20.0 Å². The Kier molecular flexibility index (Phi) is 4.34. The maximum atomic E-state index is 12.7. The first-order valence-electron chi connectivity index (χ1n) is 7.75. The van der Waals surface area contributed by atoms with Gasteiger partial charge in [0.2, 0.25) is 0 Å². The topological polar surface area (TPSA) is 48.0 Å². The molecule has 2 aromatic rings. The molecule has 0 saturated carbocycles. The van der Waals surface area contributed by atoms with E-state index in [2.05, 4.69) is 0 Å². The minimum absolute atomic E-state index is 0.0358. The number of rotatable bonds is 5. The van der Waals surface area contributed by atoms with Crippen LogP contribution in [0.3, 0.4) is 0 Å². The number of hydrogen-bond acceptors (Lipinski definition) is 4. The van der Waals surface area contributed by atoms with Gasteiger partial charge in [-0.15, -0.1) is 0 Å². The molecule has 1 aliphatic rings. The molecule has 0 bridgehead atoms. The molecule has 0 spiro atoms. The Morgan fingerprint density at radius 1 is 1.00 bits per heavy atom. The van der Waals surface area contributed by atoms with Gasteiger partial charge in [-0.2, -0.15) is 0 Å². The molecule has 1 heterocycles. The number of amides is 1. The van der Waals surface area contributed by atoms with Crippen LogP contribution in [-0.4, -0.2) is 32.1 Å². The molecule has 5 heteroatoms. The van der Waals surface area contributed by atoms with Gasteiger partial charge in [-0.25, -0.2) is 0 Å². The van der Waals surface area contributed by atoms with Crippen LogP contribution in [0, 0.1) is 6.92 Å². The standard InChI is InChI=1S/C19H21NO4/c1-12-16-11-20(19(21)15(16)7-8-17(12)23-3)10-13-5-6-14(22-2)9-18(13)24-4/h5-9H,10-11H2,1-4H3. The van der Waals surface area contributed by atoms with Gasteiger partial charge in [-0.05, 0) is 42.3 Å². The van der Waals surface area contributed by atoms with Crippen molar-refractivity contribution in [3.05, 3.63) is 52.6 Å². The highest BCUT2D eigenvalue weighted by Gasteiger charge is 2.30. The van der Waals surface area contributed by atoms with Crippen molar-refractivity contribution in [1.82, 2.24) is 4.90 Å². The van der Waals surface area contributed by atoms with Crippen molar-refractivity contribution in [1.29, 1.82) is 0 Å². The molecule has 2 aromatic carbocycles. The van der Waals surface area contributed by atoms with Crippen LogP contribution in [0.4, 0.5) is 0 Å². The number of carbonyl (C=O) groups excluding carboxylic acids is 1. The Hall–Kier alpha value is -2.69. The molecular weight excluding hydrogens is 306 g/mol. The first-order valence-corrected chi connectivity index (χ1v) is 7.75. The molecule has 0 unspecified atom stereocenters. The van der Waals surface area contributed by atoms with Gasteiger partial charge >= 0.3 is 0 Å². The smallest absolute Gasteiger partial charge is 0.254 e. The van der Waals surface area contributed by atoms with E-state index in [-0.39, 0.29) is 5.91 Å². The average Bonchev–Trinajstić information content (AvgIpc) is 2.92. The fourth-order valence-corrected chi connectivity index (χ4v) is 3.11. The second kappa shape index (κ2) is 6.43. The third-order valence-electron chi connectivity index (χ3n) is 4.49. The molecule has 0 fully saturated rings. The number of carbonyl (C=O) groups is 1. The molecule has 1 amide bonds. The zero-order chi connectivity index (χ0) is 17.3. The lowest BCUT2D eigenvalue weighted by atomic mass is 10.0. The van der Waals surface area contributed by atoms with Gasteiger partial charge in [0, 0.05) is 30.3 Å². The molecule has 126 valence electrons. The number of fused-ring (bicyclic) bond motifs is 1. The Balaban J connectivity index is 1.88. The van der Waals surface area contributed by atoms with E-state index in [1.807, 2.05) is 42.2 Å². The summed E-state index contributed by atoms with van der Waals surface area (Å²) in [5.74, 6) is 2.29. The molecule has 0 atom stereocenters. The highest BCUT2D eigenvalue weighted by Crippen LogP contribution is 2.34. The Labute approximate surface area is 141 Å². The van der Waals surface area contributed by atoms with Crippen LogP contribution in [-0.2, 0) is 13.1 Å². The second-order valence-corrected chi connectivity index (χ2v) is 5.76. The monoisotopic (exact) mass is 327 g/mol. The van der Waals surface area contributed by atoms with Crippen molar-refractivity contribution in [3.8, 4) is 17.2 Å². The highest BCUT2D eigenvalue weighted by molar-refractivity contribution is 5.99. The predicted octanol–water partition coefficient (Wildman–Crippen LogP) is 3.18. The molecule has 1 aliphatic heterocycles. The van der Waals surface area contributed by atoms with Crippen LogP contribution in [0.5, 0.6) is 17.2 Å². The average molecular weight is 327 g/mol. The lowest BCUT2D eigenvalue weighted by molar-refractivity contribution is 0.0765. The quantitative estimate of drug-likeness (QED) is 0.846. The van der Waals surface area contributed by atoms with E-state index in [4.69, 9.17) is 14.2 Å². The Bertz CT molecular complexity index is 785. The first kappa shape index (κ1) is 16.2. The molecule has 0 N–H and O–H groups in total. The van der Waals surface area contributed by atoms with Crippen LogP contribution in [0.1, 0.15) is 27.0 Å². The van der Waals surface area contributed by atoms with Gasteiger partial charge in [0.25, 0.3) is 5.91 Å². The number of hydrogen-bond donors (Lipinski definition) is 0. The number of benzene rings is 2. The molecule has 0 aromatic heterocycles. The van der Waals surface area contributed by atoms with E-state index in [0.29, 0.717) is 18.8 Å². The van der Waals surface area contributed by atoms with Gasteiger partial charge in [0.1, 0.15) is 17.2 Å². The molecule has 0 aliphatic carbocycles. The maximum Gasteiger partial charge on any atom is 0.254 e. The van der Waals surface area contributed by atoms with E-state index in [1.54, 1.807) is 21.3 Å². The molecular formula is C19H21NO4. The minimum Gasteiger partial charge on any atom is -0.497 e. The number of methoxy groups -OCH3 is 3. The fourth-order valence-electron chi connectivity index (χ4n) is 3.11. The Morgan fingerprint density at radius 2 is 1.75 bits per heavy atom. The molecule has 24 heavy (non-hydrogen) atoms. The van der Waals surface area contributed by atoms with Crippen molar-refractivity contribution in [2.75, 3.05) is 21.3 Å². The van der Waals surface area contributed by atoms with Crippen molar-refractivity contribution < 1.29 is 19.0 Å². The fraction of sp³-hybridized carbons (Fsp3) is 0.316. The van der Waals surface area contributed by atoms with Crippen LogP contribution < -0.4 is 14.2 Å². The van der Waals surface area contributed by atoms with E-state index >= 15 is 0 Å².